The van der Waals surface area contributed by atoms with Crippen LogP contribution in [0.2, 0.25) is 0 Å². The zero-order valence-corrected chi connectivity index (χ0v) is 48.8. The molecule has 2 radical (unpaired) electrons. The van der Waals surface area contributed by atoms with E-state index in [-0.39, 0.29) is 186 Å². The van der Waals surface area contributed by atoms with Gasteiger partial charge in [0.1, 0.15) is 40.5 Å². The molecule has 70 heavy (non-hydrogen) atoms. The average Bonchev–Trinajstić information content (AvgIpc) is 3.21. The van der Waals surface area contributed by atoms with Gasteiger partial charge in [-0.15, -0.1) is 10.2 Å². The molecule has 8 aromatic rings. The van der Waals surface area contributed by atoms with Gasteiger partial charge in [-0.2, -0.15) is 10.2 Å². The Labute approximate surface area is 505 Å². The molecule has 0 bridgehead atoms. The Hall–Kier alpha value is -2.26. The molecule has 0 aliphatic rings. The quantitative estimate of drug-likeness (QED) is 0.0426. The average molecular weight is 1160 g/mol. The van der Waals surface area contributed by atoms with Crippen LogP contribution >= 0.6 is 0 Å². The minimum absolute atomic E-state index is 0. The molecule has 1 aromatic heterocycles. The Morgan fingerprint density at radius 3 is 1.37 bits per heavy atom. The van der Waals surface area contributed by atoms with E-state index in [1.165, 1.54) is 24.3 Å². The van der Waals surface area contributed by atoms with Crippen molar-refractivity contribution < 1.29 is 225 Å². The Bertz CT molecular complexity index is 3940. The van der Waals surface area contributed by atoms with Crippen molar-refractivity contribution in [2.75, 3.05) is 0 Å². The third-order valence-electron chi connectivity index (χ3n) is 9.45. The zero-order valence-electron chi connectivity index (χ0n) is 35.7. The van der Waals surface area contributed by atoms with Gasteiger partial charge in [-0.3, -0.25) is 0 Å². The fourth-order valence-corrected chi connectivity index (χ4v) is 9.18. The van der Waals surface area contributed by atoms with E-state index < -0.39 is 117 Å². The van der Waals surface area contributed by atoms with E-state index in [0.717, 1.165) is 30.3 Å². The van der Waals surface area contributed by atoms with Gasteiger partial charge in [0.05, 0.1) is 64.4 Å². The first kappa shape index (κ1) is 63.9. The fraction of sp³-hybridized carbons (Fsp3) is 0. The standard InChI is InChI=1S/C38H24N6O16S4.2Cu.4Na/c45-28-12-17(5-8-25(28)41-43-35-32(64(58,59)60)16-22-21(37(35)47)7-10-27-34(22)40-24-4-2-1-3-23(24)39-27)18-6-9-26(29(46)13-18)42-44-36-31(63(55,56)57)14-19-11-20(61(49,50)51)15-30(62(52,53)54)33(19)38(36)48;;;;;;/h1-16,45-48H,(H,49,50,51)(H,52,53,54)(H,55,56,57)(H,58,59,60);;;;;;/q;2*+2;4*+1/p-8. The van der Waals surface area contributed by atoms with Crippen LogP contribution in [0.25, 0.3) is 54.7 Å². The number of nitrogens with zero attached hydrogens (tertiary/aromatic N) is 6. The summed E-state index contributed by atoms with van der Waals surface area (Å²) in [4.78, 5) is 3.55. The molecule has 0 spiro atoms. The normalized spacial score (nSPS) is 11.9. The molecular formula is C38H16Cu2N6Na4O16S4. The van der Waals surface area contributed by atoms with Gasteiger partial charge in [0.2, 0.25) is 0 Å². The molecule has 0 atom stereocenters. The molecular weight excluding hydrogens is 1140 g/mol. The number of fused-ring (bicyclic) bond motifs is 5. The van der Waals surface area contributed by atoms with E-state index in [9.17, 15) is 72.3 Å². The molecule has 0 aliphatic carbocycles. The van der Waals surface area contributed by atoms with Gasteiger partial charge in [-0.05, 0) is 81.9 Å². The molecule has 0 saturated heterocycles. The summed E-state index contributed by atoms with van der Waals surface area (Å²) in [6, 6.07) is 17.7. The molecule has 1 heterocycles. The van der Waals surface area contributed by atoms with Gasteiger partial charge >= 0.3 is 152 Å². The molecule has 0 amide bonds. The summed E-state index contributed by atoms with van der Waals surface area (Å²) < 4.78 is 144. The minimum atomic E-state index is -5.74. The van der Waals surface area contributed by atoms with E-state index in [1.54, 1.807) is 24.3 Å². The maximum Gasteiger partial charge on any atom is 2.00 e. The van der Waals surface area contributed by atoms with Crippen LogP contribution in [0.5, 0.6) is 23.0 Å². The van der Waals surface area contributed by atoms with Crippen molar-refractivity contribution in [2.24, 2.45) is 20.5 Å². The van der Waals surface area contributed by atoms with Crippen LogP contribution in [0.15, 0.2) is 137 Å². The third kappa shape index (κ3) is 13.0. The second-order valence-corrected chi connectivity index (χ2v) is 18.9. The molecule has 344 valence electrons. The Morgan fingerprint density at radius 2 is 0.900 bits per heavy atom. The van der Waals surface area contributed by atoms with Gasteiger partial charge in [0.15, 0.2) is 0 Å². The van der Waals surface area contributed by atoms with Crippen molar-refractivity contribution >= 4 is 107 Å². The Kier molecular flexibility index (Phi) is 21.8. The van der Waals surface area contributed by atoms with E-state index in [0.29, 0.717) is 28.7 Å². The van der Waals surface area contributed by atoms with E-state index in [4.69, 9.17) is 0 Å². The topological polar surface area (TPSA) is 396 Å². The van der Waals surface area contributed by atoms with Gasteiger partial charge in [0, 0.05) is 5.39 Å². The Morgan fingerprint density at radius 1 is 0.429 bits per heavy atom. The molecule has 32 heteroatoms. The predicted octanol–water partition coefficient (Wildman–Crippen LogP) is -8.49. The third-order valence-corrected chi connectivity index (χ3v) is 12.8. The first-order chi connectivity index (χ1) is 29.9. The SMILES string of the molecule is O=S(=O)([O-])c1cc(S(=O)(=O)[O-])c2c([O-])c(N=Nc3ccc(-c4ccc(N=Nc5c(S(=O)(=O)[O-])cc6c(ccc7nc8ccccc8nc76)c5[O-])c([O-])c4)cc3[O-])c(S(=O)(=O)[O-])cc2c1.[Cu+2].[Cu+2].[Na+].[Na+].[Na+].[Na+]. The van der Waals surface area contributed by atoms with Crippen LogP contribution in [-0.4, -0.2) is 61.9 Å². The van der Waals surface area contributed by atoms with Gasteiger partial charge in [-0.1, -0.05) is 65.5 Å². The number of rotatable bonds is 9. The van der Waals surface area contributed by atoms with Crippen LogP contribution in [0, 0.1) is 0 Å². The monoisotopic (exact) mass is 1160 g/mol. The number of benzene rings is 7. The van der Waals surface area contributed by atoms with Gasteiger partial charge in [0.25, 0.3) is 0 Å². The number of hydrogen-bond acceptors (Lipinski definition) is 22. The number of hydrogen-bond donors (Lipinski definition) is 0. The summed E-state index contributed by atoms with van der Waals surface area (Å²) in [5, 5.41) is 65.4. The van der Waals surface area contributed by atoms with E-state index >= 15 is 0 Å². The van der Waals surface area contributed by atoms with Crippen LogP contribution in [0.4, 0.5) is 22.7 Å². The smallest absolute Gasteiger partial charge is 0.871 e. The summed E-state index contributed by atoms with van der Waals surface area (Å²) in [5.41, 5.74) is -1.80. The summed E-state index contributed by atoms with van der Waals surface area (Å²) >= 11 is 0. The molecule has 0 aliphatic heterocycles. The predicted molar refractivity (Wildman–Crippen MR) is 208 cm³/mol. The molecule has 0 unspecified atom stereocenters. The van der Waals surface area contributed by atoms with Crippen molar-refractivity contribution in [3.63, 3.8) is 0 Å². The molecule has 0 N–H and O–H groups in total. The first-order valence-corrected chi connectivity index (χ1v) is 23.0. The molecule has 7 aromatic carbocycles. The van der Waals surface area contributed by atoms with Gasteiger partial charge < -0.3 is 38.6 Å². The van der Waals surface area contributed by atoms with Crippen LogP contribution in [0.3, 0.4) is 0 Å². The number of aromatic nitrogens is 2. The summed E-state index contributed by atoms with van der Waals surface area (Å²) in [6.07, 6.45) is 0. The van der Waals surface area contributed by atoms with Crippen LogP contribution < -0.4 is 139 Å². The van der Waals surface area contributed by atoms with Crippen molar-refractivity contribution in [3.05, 3.63) is 97.1 Å². The van der Waals surface area contributed by atoms with Crippen molar-refractivity contribution in [2.45, 2.75) is 19.6 Å². The zero-order chi connectivity index (χ0) is 46.3. The number of para-hydroxylation sites is 2. The second-order valence-electron chi connectivity index (χ2n) is 13.4. The second kappa shape index (κ2) is 23.9. The van der Waals surface area contributed by atoms with Crippen LogP contribution in [-0.2, 0) is 74.6 Å². The minimum Gasteiger partial charge on any atom is -0.871 e. The molecule has 22 nitrogen and oxygen atoms in total. The molecule has 0 saturated carbocycles. The van der Waals surface area contributed by atoms with E-state index in [1.807, 2.05) is 0 Å². The molecule has 8 rings (SSSR count). The number of azo groups is 2. The van der Waals surface area contributed by atoms with Crippen molar-refractivity contribution in [1.82, 2.24) is 9.97 Å². The summed E-state index contributed by atoms with van der Waals surface area (Å²) in [7, 11) is -22.3. The van der Waals surface area contributed by atoms with Crippen molar-refractivity contribution in [3.8, 4) is 34.1 Å². The fourth-order valence-electron chi connectivity index (χ4n) is 6.57. The van der Waals surface area contributed by atoms with Gasteiger partial charge in [-0.25, -0.2) is 43.6 Å². The summed E-state index contributed by atoms with van der Waals surface area (Å²) in [6.45, 7) is 0. The molecule has 0 fully saturated rings. The van der Waals surface area contributed by atoms with Crippen LogP contribution in [0.1, 0.15) is 0 Å². The summed E-state index contributed by atoms with van der Waals surface area (Å²) in [5.74, 6) is -4.58. The largest absolute Gasteiger partial charge is 2.00 e. The maximum atomic E-state index is 13.6. The Balaban J connectivity index is 0.00000280. The van der Waals surface area contributed by atoms with Crippen molar-refractivity contribution in [1.29, 1.82) is 0 Å². The van der Waals surface area contributed by atoms with E-state index in [2.05, 4.69) is 30.4 Å². The maximum absolute atomic E-state index is 13.6. The first-order valence-electron chi connectivity index (χ1n) is 17.3.